The number of hydrogen-bond acceptors (Lipinski definition) is 6. The molecule has 0 bridgehead atoms. The Hall–Kier alpha value is -2.20. The molecule has 2 amide bonds. The van der Waals surface area contributed by atoms with Crippen LogP contribution in [0.15, 0.2) is 24.3 Å². The zero-order valence-corrected chi connectivity index (χ0v) is 19.7. The number of hydrogen-bond donors (Lipinski definition) is 3. The van der Waals surface area contributed by atoms with Crippen molar-refractivity contribution in [3.63, 3.8) is 0 Å². The lowest BCUT2D eigenvalue weighted by atomic mass is 10.1. The van der Waals surface area contributed by atoms with Crippen molar-refractivity contribution in [2.75, 3.05) is 18.5 Å². The van der Waals surface area contributed by atoms with Gasteiger partial charge in [-0.25, -0.2) is 4.79 Å². The lowest BCUT2D eigenvalue weighted by Crippen LogP contribution is -2.44. The van der Waals surface area contributed by atoms with Crippen LogP contribution in [-0.2, 0) is 30.2 Å². The fraction of sp³-hybridized carbons (Fsp3) is 0.667. The molecule has 0 saturated carbocycles. The Morgan fingerprint density at radius 1 is 1.09 bits per heavy atom. The molecule has 9 nitrogen and oxygen atoms in total. The van der Waals surface area contributed by atoms with Gasteiger partial charge < -0.3 is 34.7 Å². The van der Waals surface area contributed by atoms with Gasteiger partial charge in [0.15, 0.2) is 12.1 Å². The quantitative estimate of drug-likeness (QED) is 0.404. The number of fused-ring (bicyclic) bond motifs is 1. The van der Waals surface area contributed by atoms with Crippen molar-refractivity contribution in [2.24, 2.45) is 0 Å². The van der Waals surface area contributed by atoms with Crippen LogP contribution in [0.4, 0.5) is 10.5 Å². The van der Waals surface area contributed by atoms with Crippen LogP contribution in [0.2, 0.25) is 0 Å². The van der Waals surface area contributed by atoms with Crippen LogP contribution < -0.4 is 10.6 Å². The fourth-order valence-corrected chi connectivity index (χ4v) is 4.09. The second-order valence-electron chi connectivity index (χ2n) is 9.00. The minimum Gasteiger partial charge on any atom is -0.481 e. The molecule has 2 aliphatic rings. The number of nitrogens with one attached hydrogen (secondary N) is 2. The molecule has 0 aromatic heterocycles. The number of amides is 2. The van der Waals surface area contributed by atoms with Gasteiger partial charge in [-0.15, -0.1) is 0 Å². The van der Waals surface area contributed by atoms with Gasteiger partial charge in [-0.3, -0.25) is 4.79 Å². The summed E-state index contributed by atoms with van der Waals surface area (Å²) in [5.74, 6) is -1.63. The van der Waals surface area contributed by atoms with Gasteiger partial charge in [0.1, 0.15) is 18.3 Å². The lowest BCUT2D eigenvalue weighted by molar-refractivity contribution is -0.217. The fourth-order valence-electron chi connectivity index (χ4n) is 4.09. The molecule has 1 aromatic carbocycles. The molecule has 0 aliphatic carbocycles. The summed E-state index contributed by atoms with van der Waals surface area (Å²) >= 11 is 0. The van der Waals surface area contributed by atoms with Crippen molar-refractivity contribution >= 4 is 17.7 Å². The normalized spacial score (nSPS) is 25.5. The molecule has 2 saturated heterocycles. The number of ether oxygens (including phenoxy) is 4. The maximum Gasteiger partial charge on any atom is 0.319 e. The van der Waals surface area contributed by atoms with E-state index in [-0.39, 0.29) is 31.2 Å². The number of aliphatic carboxylic acids is 1. The molecule has 4 atom stereocenters. The highest BCUT2D eigenvalue weighted by molar-refractivity contribution is 5.89. The minimum absolute atomic E-state index is 0.0607. The van der Waals surface area contributed by atoms with E-state index in [9.17, 15) is 9.59 Å². The zero-order chi connectivity index (χ0) is 23.8. The first-order valence-electron chi connectivity index (χ1n) is 11.8. The third-order valence-corrected chi connectivity index (χ3v) is 5.68. The Labute approximate surface area is 195 Å². The van der Waals surface area contributed by atoms with Gasteiger partial charge in [-0.05, 0) is 38.0 Å². The third-order valence-electron chi connectivity index (χ3n) is 5.68. The largest absolute Gasteiger partial charge is 0.481 e. The first-order chi connectivity index (χ1) is 15.8. The molecule has 2 fully saturated rings. The summed E-state index contributed by atoms with van der Waals surface area (Å²) < 4.78 is 24.0. The van der Waals surface area contributed by atoms with E-state index in [1.165, 1.54) is 19.3 Å². The number of benzene rings is 1. The average Bonchev–Trinajstić information content (AvgIpc) is 3.21. The maximum atomic E-state index is 12.4. The SMILES string of the molecule is CCCCCCCO[C@H]1[C@H]2OC(C)(C)O[C@H]2O[C@@H]1CNC(=O)Nc1ccc(CC(=O)O)cc1. The Morgan fingerprint density at radius 3 is 2.52 bits per heavy atom. The number of carboxylic acid groups (broad SMARTS) is 1. The van der Waals surface area contributed by atoms with Crippen molar-refractivity contribution in [1.29, 1.82) is 0 Å². The molecule has 0 radical (unpaired) electrons. The summed E-state index contributed by atoms with van der Waals surface area (Å²) in [6.45, 7) is 6.73. The van der Waals surface area contributed by atoms with E-state index in [0.717, 1.165) is 12.8 Å². The zero-order valence-electron chi connectivity index (χ0n) is 19.7. The summed E-state index contributed by atoms with van der Waals surface area (Å²) in [5, 5.41) is 14.4. The van der Waals surface area contributed by atoms with Gasteiger partial charge in [0.25, 0.3) is 0 Å². The highest BCUT2D eigenvalue weighted by Gasteiger charge is 2.55. The summed E-state index contributed by atoms with van der Waals surface area (Å²) in [4.78, 5) is 23.2. The predicted octanol–water partition coefficient (Wildman–Crippen LogP) is 3.67. The molecular weight excluding hydrogens is 428 g/mol. The number of carbonyl (C=O) groups excluding carboxylic acids is 1. The first-order valence-corrected chi connectivity index (χ1v) is 11.8. The summed E-state index contributed by atoms with van der Waals surface area (Å²) in [6, 6.07) is 6.30. The molecule has 0 spiro atoms. The smallest absolute Gasteiger partial charge is 0.319 e. The van der Waals surface area contributed by atoms with Crippen LogP contribution >= 0.6 is 0 Å². The molecule has 2 heterocycles. The van der Waals surface area contributed by atoms with Crippen LogP contribution in [-0.4, -0.2) is 60.6 Å². The van der Waals surface area contributed by atoms with E-state index >= 15 is 0 Å². The minimum atomic E-state index is -0.899. The van der Waals surface area contributed by atoms with E-state index in [1.54, 1.807) is 24.3 Å². The van der Waals surface area contributed by atoms with Crippen LogP contribution in [0.3, 0.4) is 0 Å². The molecular formula is C24H36N2O7. The summed E-state index contributed by atoms with van der Waals surface area (Å²) in [5.41, 5.74) is 1.23. The number of anilines is 1. The summed E-state index contributed by atoms with van der Waals surface area (Å²) in [7, 11) is 0. The monoisotopic (exact) mass is 464 g/mol. The Balaban J connectivity index is 1.49. The lowest BCUT2D eigenvalue weighted by Gasteiger charge is -2.26. The first kappa shape index (κ1) is 25.4. The van der Waals surface area contributed by atoms with Crippen molar-refractivity contribution < 1.29 is 33.6 Å². The number of carboxylic acids is 1. The summed E-state index contributed by atoms with van der Waals surface area (Å²) in [6.07, 6.45) is 4.06. The predicted molar refractivity (Wildman–Crippen MR) is 122 cm³/mol. The second-order valence-corrected chi connectivity index (χ2v) is 9.00. The van der Waals surface area contributed by atoms with Crippen LogP contribution in [0, 0.1) is 0 Å². The van der Waals surface area contributed by atoms with Crippen LogP contribution in [0.1, 0.15) is 58.4 Å². The molecule has 1 aromatic rings. The van der Waals surface area contributed by atoms with Crippen LogP contribution in [0.25, 0.3) is 0 Å². The molecule has 9 heteroatoms. The van der Waals surface area contributed by atoms with Gasteiger partial charge >= 0.3 is 12.0 Å². The van der Waals surface area contributed by atoms with E-state index in [1.807, 2.05) is 13.8 Å². The van der Waals surface area contributed by atoms with Crippen molar-refractivity contribution in [3.8, 4) is 0 Å². The Morgan fingerprint density at radius 2 is 1.82 bits per heavy atom. The Kier molecular flexibility index (Phi) is 9.08. The molecule has 184 valence electrons. The molecule has 33 heavy (non-hydrogen) atoms. The Bertz CT molecular complexity index is 784. The number of urea groups is 1. The molecule has 0 unspecified atom stereocenters. The van der Waals surface area contributed by atoms with Crippen molar-refractivity contribution in [1.82, 2.24) is 5.32 Å². The standard InChI is InChI=1S/C24H36N2O7/c1-4-5-6-7-8-13-30-20-18(31-22-21(20)32-24(2,3)33-22)15-25-23(29)26-17-11-9-16(10-12-17)14-19(27)28/h9-12,18,20-22H,4-8,13-15H2,1-3H3,(H,27,28)(H2,25,26,29)/t18-,20-,21-,22-/m1/s1. The second kappa shape index (κ2) is 11.8. The molecule has 3 N–H and O–H groups in total. The number of rotatable bonds is 12. The van der Waals surface area contributed by atoms with Gasteiger partial charge in [0.05, 0.1) is 6.42 Å². The highest BCUT2D eigenvalue weighted by atomic mass is 16.8. The van der Waals surface area contributed by atoms with Gasteiger partial charge in [0.2, 0.25) is 0 Å². The topological polar surface area (TPSA) is 115 Å². The molecule has 3 rings (SSSR count). The van der Waals surface area contributed by atoms with Gasteiger partial charge in [-0.2, -0.15) is 0 Å². The van der Waals surface area contributed by atoms with Gasteiger partial charge in [-0.1, -0.05) is 44.7 Å². The molecule has 2 aliphatic heterocycles. The third kappa shape index (κ3) is 7.67. The van der Waals surface area contributed by atoms with Crippen LogP contribution in [0.5, 0.6) is 0 Å². The van der Waals surface area contributed by atoms with E-state index < -0.39 is 24.2 Å². The number of carbonyl (C=O) groups is 2. The van der Waals surface area contributed by atoms with Crippen molar-refractivity contribution in [3.05, 3.63) is 29.8 Å². The average molecular weight is 465 g/mol. The maximum absolute atomic E-state index is 12.4. The van der Waals surface area contributed by atoms with E-state index in [4.69, 9.17) is 24.1 Å². The van der Waals surface area contributed by atoms with Crippen molar-refractivity contribution in [2.45, 2.75) is 89.7 Å². The van der Waals surface area contributed by atoms with E-state index in [2.05, 4.69) is 17.6 Å². The number of unbranched alkanes of at least 4 members (excludes halogenated alkanes) is 4. The van der Waals surface area contributed by atoms with E-state index in [0.29, 0.717) is 17.9 Å². The highest BCUT2D eigenvalue weighted by Crippen LogP contribution is 2.38. The van der Waals surface area contributed by atoms with Gasteiger partial charge in [0, 0.05) is 18.8 Å².